The smallest absolute Gasteiger partial charge is 0.206 e. The van der Waals surface area contributed by atoms with Crippen molar-refractivity contribution < 1.29 is 8.78 Å². The third-order valence-corrected chi connectivity index (χ3v) is 6.28. The van der Waals surface area contributed by atoms with E-state index in [4.69, 9.17) is 0 Å². The Balaban J connectivity index is 2.01. The second kappa shape index (κ2) is 5.69. The molecule has 112 valence electrons. The SMILES string of the molecule is CC1CCC(C(F)(F)C2CCC(C)C(C)C2)CC1C. The highest BCUT2D eigenvalue weighted by molar-refractivity contribution is 4.92. The lowest BCUT2D eigenvalue weighted by Gasteiger charge is -2.43. The van der Waals surface area contributed by atoms with E-state index in [0.29, 0.717) is 23.7 Å². The summed E-state index contributed by atoms with van der Waals surface area (Å²) >= 11 is 0. The van der Waals surface area contributed by atoms with Crippen LogP contribution in [0.15, 0.2) is 0 Å². The number of hydrogen-bond donors (Lipinski definition) is 0. The highest BCUT2D eigenvalue weighted by atomic mass is 19.3. The molecule has 0 heterocycles. The van der Waals surface area contributed by atoms with Crippen molar-refractivity contribution in [3.05, 3.63) is 0 Å². The molecular weight excluding hydrogens is 242 g/mol. The zero-order valence-electron chi connectivity index (χ0n) is 13.0. The molecule has 2 aliphatic rings. The van der Waals surface area contributed by atoms with Crippen molar-refractivity contribution in [2.45, 2.75) is 72.1 Å². The lowest BCUT2D eigenvalue weighted by Crippen LogP contribution is -2.43. The molecule has 2 heteroatoms. The van der Waals surface area contributed by atoms with Gasteiger partial charge in [0.2, 0.25) is 0 Å². The monoisotopic (exact) mass is 272 g/mol. The molecule has 0 bridgehead atoms. The summed E-state index contributed by atoms with van der Waals surface area (Å²) < 4.78 is 29.6. The standard InChI is InChI=1S/C17H30F2/c1-11-5-7-15(9-13(11)3)17(18,19)16-8-6-12(2)14(4)10-16/h11-16H,5-10H2,1-4H3. The first-order chi connectivity index (χ1) is 8.82. The minimum absolute atomic E-state index is 0.357. The summed E-state index contributed by atoms with van der Waals surface area (Å²) in [7, 11) is 0. The van der Waals surface area contributed by atoms with Crippen LogP contribution in [0.5, 0.6) is 0 Å². The van der Waals surface area contributed by atoms with Crippen molar-refractivity contribution in [2.24, 2.45) is 35.5 Å². The van der Waals surface area contributed by atoms with Crippen molar-refractivity contribution in [2.75, 3.05) is 0 Å². The molecule has 0 aromatic rings. The van der Waals surface area contributed by atoms with Crippen LogP contribution in [0.1, 0.15) is 66.2 Å². The van der Waals surface area contributed by atoms with Crippen LogP contribution in [-0.4, -0.2) is 5.92 Å². The number of hydrogen-bond acceptors (Lipinski definition) is 0. The van der Waals surface area contributed by atoms with E-state index in [9.17, 15) is 8.78 Å². The highest BCUT2D eigenvalue weighted by Gasteiger charge is 2.49. The maximum absolute atomic E-state index is 14.8. The summed E-state index contributed by atoms with van der Waals surface area (Å²) in [6.45, 7) is 8.73. The van der Waals surface area contributed by atoms with E-state index in [1.807, 2.05) is 0 Å². The predicted octanol–water partition coefficient (Wildman–Crippen LogP) is 5.77. The zero-order chi connectivity index (χ0) is 14.2. The molecule has 2 saturated carbocycles. The van der Waals surface area contributed by atoms with Gasteiger partial charge in [0.1, 0.15) is 0 Å². The van der Waals surface area contributed by atoms with E-state index in [2.05, 4.69) is 27.7 Å². The Morgan fingerprint density at radius 3 is 1.32 bits per heavy atom. The lowest BCUT2D eigenvalue weighted by atomic mass is 9.66. The van der Waals surface area contributed by atoms with E-state index in [1.165, 1.54) is 0 Å². The summed E-state index contributed by atoms with van der Waals surface area (Å²) in [4.78, 5) is 0. The molecule has 6 unspecified atom stereocenters. The third kappa shape index (κ3) is 3.13. The molecule has 2 fully saturated rings. The summed E-state index contributed by atoms with van der Waals surface area (Å²) in [5.41, 5.74) is 0. The van der Waals surface area contributed by atoms with E-state index < -0.39 is 5.92 Å². The van der Waals surface area contributed by atoms with Gasteiger partial charge in [0, 0.05) is 11.8 Å². The molecule has 2 rings (SSSR count). The molecule has 0 aromatic heterocycles. The predicted molar refractivity (Wildman–Crippen MR) is 76.3 cm³/mol. The van der Waals surface area contributed by atoms with Gasteiger partial charge >= 0.3 is 0 Å². The number of rotatable bonds is 2. The molecule has 0 N–H and O–H groups in total. The summed E-state index contributed by atoms with van der Waals surface area (Å²) in [6.07, 6.45) is 4.90. The molecule has 0 saturated heterocycles. The van der Waals surface area contributed by atoms with Crippen LogP contribution in [0.4, 0.5) is 8.78 Å². The molecule has 6 atom stereocenters. The van der Waals surface area contributed by atoms with Crippen LogP contribution in [-0.2, 0) is 0 Å². The molecule has 19 heavy (non-hydrogen) atoms. The fourth-order valence-corrected chi connectivity index (χ4v) is 4.13. The molecule has 0 aliphatic heterocycles. The summed E-state index contributed by atoms with van der Waals surface area (Å²) in [5, 5.41) is 0. The average molecular weight is 272 g/mol. The number of halogens is 2. The highest BCUT2D eigenvalue weighted by Crippen LogP contribution is 2.50. The Labute approximate surface area is 117 Å². The van der Waals surface area contributed by atoms with Gasteiger partial charge in [-0.25, -0.2) is 8.78 Å². The molecule has 2 aliphatic carbocycles. The van der Waals surface area contributed by atoms with E-state index >= 15 is 0 Å². The molecule has 0 radical (unpaired) electrons. The van der Waals surface area contributed by atoms with Crippen molar-refractivity contribution in [3.8, 4) is 0 Å². The van der Waals surface area contributed by atoms with Gasteiger partial charge in [-0.3, -0.25) is 0 Å². The Morgan fingerprint density at radius 1 is 0.632 bits per heavy atom. The van der Waals surface area contributed by atoms with Crippen LogP contribution >= 0.6 is 0 Å². The van der Waals surface area contributed by atoms with Gasteiger partial charge in [0.15, 0.2) is 0 Å². The van der Waals surface area contributed by atoms with E-state index in [1.54, 1.807) is 0 Å². The molecule has 0 spiro atoms. The minimum atomic E-state index is -2.43. The zero-order valence-corrected chi connectivity index (χ0v) is 13.0. The first-order valence-electron chi connectivity index (χ1n) is 8.20. The molecule has 0 nitrogen and oxygen atoms in total. The second-order valence-electron chi connectivity index (χ2n) is 7.60. The van der Waals surface area contributed by atoms with E-state index in [-0.39, 0.29) is 11.8 Å². The van der Waals surface area contributed by atoms with Gasteiger partial charge in [0.25, 0.3) is 5.92 Å². The fourth-order valence-electron chi connectivity index (χ4n) is 4.13. The van der Waals surface area contributed by atoms with Gasteiger partial charge in [-0.1, -0.05) is 27.7 Å². The van der Waals surface area contributed by atoms with Gasteiger partial charge < -0.3 is 0 Å². The molecule has 0 aromatic carbocycles. The quantitative estimate of drug-likeness (QED) is 0.599. The van der Waals surface area contributed by atoms with E-state index in [0.717, 1.165) is 38.5 Å². The van der Waals surface area contributed by atoms with Crippen LogP contribution in [0.2, 0.25) is 0 Å². The van der Waals surface area contributed by atoms with Gasteiger partial charge in [-0.2, -0.15) is 0 Å². The normalized spacial score (nSPS) is 45.2. The first-order valence-corrected chi connectivity index (χ1v) is 8.20. The third-order valence-electron chi connectivity index (χ3n) is 6.28. The Bertz CT molecular complexity index is 272. The van der Waals surface area contributed by atoms with Crippen molar-refractivity contribution in [3.63, 3.8) is 0 Å². The molecular formula is C17H30F2. The van der Waals surface area contributed by atoms with Gasteiger partial charge in [-0.15, -0.1) is 0 Å². The Hall–Kier alpha value is -0.140. The average Bonchev–Trinajstić information content (AvgIpc) is 2.35. The van der Waals surface area contributed by atoms with Crippen molar-refractivity contribution >= 4 is 0 Å². The molecule has 0 amide bonds. The lowest BCUT2D eigenvalue weighted by molar-refractivity contribution is -0.143. The summed E-state index contributed by atoms with van der Waals surface area (Å²) in [5.74, 6) is -0.972. The first kappa shape index (κ1) is 15.3. The van der Waals surface area contributed by atoms with Crippen molar-refractivity contribution in [1.82, 2.24) is 0 Å². The van der Waals surface area contributed by atoms with Crippen LogP contribution < -0.4 is 0 Å². The largest absolute Gasteiger partial charge is 0.253 e. The Morgan fingerprint density at radius 2 is 1.00 bits per heavy atom. The van der Waals surface area contributed by atoms with Gasteiger partial charge in [-0.05, 0) is 62.2 Å². The summed E-state index contributed by atoms with van der Waals surface area (Å²) in [6, 6.07) is 0. The fraction of sp³-hybridized carbons (Fsp3) is 1.00. The maximum Gasteiger partial charge on any atom is 0.253 e. The second-order valence-corrected chi connectivity index (χ2v) is 7.60. The Kier molecular flexibility index (Phi) is 4.57. The van der Waals surface area contributed by atoms with Gasteiger partial charge in [0.05, 0.1) is 0 Å². The van der Waals surface area contributed by atoms with Crippen LogP contribution in [0.3, 0.4) is 0 Å². The maximum atomic E-state index is 14.8. The van der Waals surface area contributed by atoms with Crippen molar-refractivity contribution in [1.29, 1.82) is 0 Å². The number of alkyl halides is 2. The topological polar surface area (TPSA) is 0 Å². The minimum Gasteiger partial charge on any atom is -0.206 e. The van der Waals surface area contributed by atoms with Crippen LogP contribution in [0, 0.1) is 35.5 Å². The van der Waals surface area contributed by atoms with Crippen LogP contribution in [0.25, 0.3) is 0 Å².